The van der Waals surface area contributed by atoms with E-state index in [1.807, 2.05) is 0 Å². The number of amides is 2. The Hall–Kier alpha value is -2.08. The molecule has 1 aromatic rings. The van der Waals surface area contributed by atoms with E-state index in [1.54, 1.807) is 24.3 Å². The van der Waals surface area contributed by atoms with Gasteiger partial charge in [0.05, 0.1) is 0 Å². The molecule has 6 nitrogen and oxygen atoms in total. The molecule has 2 fully saturated rings. The molecular formula is C19H23ClN2O4. The van der Waals surface area contributed by atoms with E-state index in [-0.39, 0.29) is 17.9 Å². The van der Waals surface area contributed by atoms with Crippen molar-refractivity contribution in [3.8, 4) is 0 Å². The van der Waals surface area contributed by atoms with Crippen molar-refractivity contribution in [2.24, 2.45) is 0 Å². The summed E-state index contributed by atoms with van der Waals surface area (Å²) >= 11 is 5.93. The van der Waals surface area contributed by atoms with Crippen LogP contribution in [0.5, 0.6) is 0 Å². The molecule has 0 saturated carbocycles. The highest BCUT2D eigenvalue weighted by atomic mass is 35.5. The zero-order valence-corrected chi connectivity index (χ0v) is 15.2. The Kier molecular flexibility index (Phi) is 5.81. The maximum Gasteiger partial charge on any atom is 0.326 e. The molecule has 2 heterocycles. The highest BCUT2D eigenvalue weighted by molar-refractivity contribution is 6.31. The Bertz CT molecular complexity index is 709. The first-order valence-electron chi connectivity index (χ1n) is 9.09. The molecule has 3 rings (SSSR count). The van der Waals surface area contributed by atoms with Crippen LogP contribution in [0, 0.1) is 0 Å². The van der Waals surface area contributed by atoms with E-state index in [0.717, 1.165) is 32.1 Å². The van der Waals surface area contributed by atoms with Crippen molar-refractivity contribution in [3.05, 3.63) is 34.9 Å². The molecule has 2 saturated heterocycles. The Morgan fingerprint density at radius 1 is 1.12 bits per heavy atom. The number of hydrogen-bond donors (Lipinski definition) is 2. The molecule has 140 valence electrons. The topological polar surface area (TPSA) is 86.7 Å². The summed E-state index contributed by atoms with van der Waals surface area (Å²) in [6.45, 7) is 0. The molecule has 2 aliphatic heterocycles. The van der Waals surface area contributed by atoms with Crippen LogP contribution in [0.3, 0.4) is 0 Å². The summed E-state index contributed by atoms with van der Waals surface area (Å²) in [6.07, 6.45) is 5.19. The number of fused-ring (bicyclic) bond motifs is 1. The van der Waals surface area contributed by atoms with Crippen molar-refractivity contribution in [3.63, 3.8) is 0 Å². The molecule has 7 heteroatoms. The molecule has 1 aromatic carbocycles. The van der Waals surface area contributed by atoms with Gasteiger partial charge < -0.3 is 15.3 Å². The number of nitrogens with zero attached hydrogens (tertiary/aromatic N) is 1. The number of nitrogens with one attached hydrogen (secondary N) is 1. The van der Waals surface area contributed by atoms with Gasteiger partial charge in [-0.1, -0.05) is 30.5 Å². The van der Waals surface area contributed by atoms with Gasteiger partial charge in [0.15, 0.2) is 0 Å². The first kappa shape index (κ1) is 18.7. The number of halogens is 1. The number of rotatable bonds is 3. The molecule has 0 bridgehead atoms. The van der Waals surface area contributed by atoms with Crippen LogP contribution < -0.4 is 5.32 Å². The molecule has 2 aliphatic rings. The molecule has 0 aliphatic carbocycles. The lowest BCUT2D eigenvalue weighted by Crippen LogP contribution is -2.59. The van der Waals surface area contributed by atoms with Gasteiger partial charge in [0.2, 0.25) is 5.91 Å². The molecule has 0 unspecified atom stereocenters. The largest absolute Gasteiger partial charge is 0.480 e. The standard InChI is InChI=1S/C19H23ClN2O4/c20-13-6-3-5-12(11-13)17(23)21-15-9-2-1-7-14-8-4-10-16(19(25)26)22(14)18(15)24/h3,5-6,11,14-16H,1-2,4,7-10H2,(H,21,23)(H,25,26)/t14-,15-,16-/m0/s1. The third-order valence-corrected chi connectivity index (χ3v) is 5.49. The fraction of sp³-hybridized carbons (Fsp3) is 0.526. The van der Waals surface area contributed by atoms with Crippen molar-refractivity contribution in [1.29, 1.82) is 0 Å². The van der Waals surface area contributed by atoms with Gasteiger partial charge in [-0.15, -0.1) is 0 Å². The average molecular weight is 379 g/mol. The van der Waals surface area contributed by atoms with E-state index in [9.17, 15) is 19.5 Å². The molecule has 0 spiro atoms. The smallest absolute Gasteiger partial charge is 0.326 e. The Balaban J connectivity index is 1.80. The predicted molar refractivity (Wildman–Crippen MR) is 97.1 cm³/mol. The summed E-state index contributed by atoms with van der Waals surface area (Å²) in [6, 6.07) is 4.98. The summed E-state index contributed by atoms with van der Waals surface area (Å²) in [5.41, 5.74) is 0.386. The number of carbonyl (C=O) groups excluding carboxylic acids is 2. The van der Waals surface area contributed by atoms with Gasteiger partial charge in [-0.05, 0) is 50.3 Å². The highest BCUT2D eigenvalue weighted by Gasteiger charge is 2.41. The van der Waals surface area contributed by atoms with Crippen LogP contribution in [0.4, 0.5) is 0 Å². The van der Waals surface area contributed by atoms with E-state index in [4.69, 9.17) is 11.6 Å². The summed E-state index contributed by atoms with van der Waals surface area (Å²) in [5.74, 6) is -1.62. The second-order valence-electron chi connectivity index (χ2n) is 7.01. The molecule has 0 radical (unpaired) electrons. The first-order valence-corrected chi connectivity index (χ1v) is 9.46. The number of carboxylic acids is 1. The molecule has 2 N–H and O–H groups in total. The molecule has 2 amide bonds. The quantitative estimate of drug-likeness (QED) is 0.846. The van der Waals surface area contributed by atoms with Crippen molar-refractivity contribution >= 4 is 29.4 Å². The van der Waals surface area contributed by atoms with Gasteiger partial charge in [-0.2, -0.15) is 0 Å². The van der Waals surface area contributed by atoms with Crippen LogP contribution in [-0.2, 0) is 9.59 Å². The Morgan fingerprint density at radius 3 is 2.58 bits per heavy atom. The fourth-order valence-electron chi connectivity index (χ4n) is 3.98. The zero-order valence-electron chi connectivity index (χ0n) is 14.5. The van der Waals surface area contributed by atoms with Gasteiger partial charge in [0, 0.05) is 16.6 Å². The third-order valence-electron chi connectivity index (χ3n) is 5.25. The zero-order chi connectivity index (χ0) is 18.7. The summed E-state index contributed by atoms with van der Waals surface area (Å²) < 4.78 is 0. The normalized spacial score (nSPS) is 26.4. The number of hydrogen-bond acceptors (Lipinski definition) is 3. The predicted octanol–water partition coefficient (Wildman–Crippen LogP) is 2.85. The van der Waals surface area contributed by atoms with E-state index in [2.05, 4.69) is 5.32 Å². The monoisotopic (exact) mass is 378 g/mol. The maximum absolute atomic E-state index is 13.1. The average Bonchev–Trinajstić information content (AvgIpc) is 2.61. The minimum absolute atomic E-state index is 0.0526. The number of carbonyl (C=O) groups is 3. The van der Waals surface area contributed by atoms with Gasteiger partial charge >= 0.3 is 5.97 Å². The number of carboxylic acid groups (broad SMARTS) is 1. The van der Waals surface area contributed by atoms with Crippen molar-refractivity contribution < 1.29 is 19.5 Å². The number of piperidine rings is 1. The summed E-state index contributed by atoms with van der Waals surface area (Å²) in [4.78, 5) is 38.8. The van der Waals surface area contributed by atoms with E-state index in [1.165, 1.54) is 4.90 Å². The SMILES string of the molecule is O=C(N[C@H]1CCCC[C@H]2CCC[C@@H](C(=O)O)N2C1=O)c1cccc(Cl)c1. The van der Waals surface area contributed by atoms with Crippen molar-refractivity contribution in [2.45, 2.75) is 63.1 Å². The highest BCUT2D eigenvalue weighted by Crippen LogP contribution is 2.30. The minimum atomic E-state index is -0.969. The van der Waals surface area contributed by atoms with Crippen molar-refractivity contribution in [1.82, 2.24) is 10.2 Å². The van der Waals surface area contributed by atoms with Crippen molar-refractivity contribution in [2.75, 3.05) is 0 Å². The van der Waals surface area contributed by atoms with Gasteiger partial charge in [0.1, 0.15) is 12.1 Å². The lowest BCUT2D eigenvalue weighted by Gasteiger charge is -2.43. The maximum atomic E-state index is 13.1. The number of benzene rings is 1. The first-order chi connectivity index (χ1) is 12.5. The molecule has 0 aromatic heterocycles. The van der Waals surface area contributed by atoms with Crippen LogP contribution in [0.1, 0.15) is 55.3 Å². The minimum Gasteiger partial charge on any atom is -0.480 e. The van der Waals surface area contributed by atoms with Crippen LogP contribution in [0.2, 0.25) is 5.02 Å². The van der Waals surface area contributed by atoms with Crippen LogP contribution in [0.15, 0.2) is 24.3 Å². The van der Waals surface area contributed by atoms with Crippen LogP contribution in [0.25, 0.3) is 0 Å². The molecule has 3 atom stereocenters. The van der Waals surface area contributed by atoms with E-state index < -0.39 is 18.1 Å². The lowest BCUT2D eigenvalue weighted by atomic mass is 9.88. The van der Waals surface area contributed by atoms with Gasteiger partial charge in [-0.25, -0.2) is 4.79 Å². The second kappa shape index (κ2) is 8.08. The lowest BCUT2D eigenvalue weighted by molar-refractivity contribution is -0.156. The second-order valence-corrected chi connectivity index (χ2v) is 7.44. The van der Waals surface area contributed by atoms with Gasteiger partial charge in [-0.3, -0.25) is 9.59 Å². The molecular weight excluding hydrogens is 356 g/mol. The Labute approximate surface area is 157 Å². The fourth-order valence-corrected chi connectivity index (χ4v) is 4.17. The Morgan fingerprint density at radius 2 is 1.85 bits per heavy atom. The van der Waals surface area contributed by atoms with Crippen LogP contribution >= 0.6 is 11.6 Å². The van der Waals surface area contributed by atoms with E-state index >= 15 is 0 Å². The molecule has 26 heavy (non-hydrogen) atoms. The van der Waals surface area contributed by atoms with Crippen LogP contribution in [-0.4, -0.2) is 45.9 Å². The summed E-state index contributed by atoms with van der Waals surface area (Å²) in [5, 5.41) is 12.8. The third kappa shape index (κ3) is 4.01. The van der Waals surface area contributed by atoms with E-state index in [0.29, 0.717) is 23.4 Å². The summed E-state index contributed by atoms with van der Waals surface area (Å²) in [7, 11) is 0. The van der Waals surface area contributed by atoms with Gasteiger partial charge in [0.25, 0.3) is 5.91 Å². The number of aliphatic carboxylic acids is 1.